The van der Waals surface area contributed by atoms with Gasteiger partial charge in [0.1, 0.15) is 11.6 Å². The molecule has 0 aliphatic heterocycles. The monoisotopic (exact) mass is 370 g/mol. The number of amides is 1. The summed E-state index contributed by atoms with van der Waals surface area (Å²) in [6.45, 7) is 0.308. The van der Waals surface area contributed by atoms with Crippen molar-refractivity contribution in [1.82, 2.24) is 10.3 Å². The van der Waals surface area contributed by atoms with Crippen LogP contribution in [0.2, 0.25) is 0 Å². The maximum atomic E-state index is 13.2. The molecule has 6 heteroatoms. The smallest absolute Gasteiger partial charge is 0.251 e. The quantitative estimate of drug-likeness (QED) is 0.652. The summed E-state index contributed by atoms with van der Waals surface area (Å²) in [5.74, 6) is -1.97. The third-order valence-electron chi connectivity index (χ3n) is 4.25. The van der Waals surface area contributed by atoms with E-state index in [9.17, 15) is 18.0 Å². The van der Waals surface area contributed by atoms with E-state index in [1.807, 2.05) is 0 Å². The van der Waals surface area contributed by atoms with Gasteiger partial charge in [-0.3, -0.25) is 4.79 Å². The molecule has 0 unspecified atom stereocenters. The van der Waals surface area contributed by atoms with E-state index in [2.05, 4.69) is 10.3 Å². The highest BCUT2D eigenvalue weighted by Gasteiger charge is 2.15. The average molecular weight is 370 g/mol. The Morgan fingerprint density at radius 2 is 1.44 bits per heavy atom. The largest absolute Gasteiger partial charge is 0.352 e. The van der Waals surface area contributed by atoms with Gasteiger partial charge >= 0.3 is 0 Å². The van der Waals surface area contributed by atoms with Gasteiger partial charge in [-0.2, -0.15) is 4.39 Å². The number of nitrogens with one attached hydrogen (secondary N) is 1. The van der Waals surface area contributed by atoms with E-state index < -0.39 is 11.9 Å². The SMILES string of the molecule is O=C(NCCC(c1ccc(F)cc1)c1ccc(F)cc1)c1ccnc(F)c1. The van der Waals surface area contributed by atoms with Crippen LogP contribution in [0.5, 0.6) is 0 Å². The topological polar surface area (TPSA) is 42.0 Å². The van der Waals surface area contributed by atoms with Crippen molar-refractivity contribution in [3.05, 3.63) is 101 Å². The van der Waals surface area contributed by atoms with Gasteiger partial charge < -0.3 is 5.32 Å². The number of benzene rings is 2. The summed E-state index contributed by atoms with van der Waals surface area (Å²) in [5.41, 5.74) is 1.89. The van der Waals surface area contributed by atoms with Crippen molar-refractivity contribution in [2.75, 3.05) is 6.54 Å². The van der Waals surface area contributed by atoms with Gasteiger partial charge in [-0.25, -0.2) is 13.8 Å². The first-order valence-corrected chi connectivity index (χ1v) is 8.43. The Kier molecular flexibility index (Phi) is 5.86. The Balaban J connectivity index is 1.72. The van der Waals surface area contributed by atoms with Gasteiger partial charge in [0.2, 0.25) is 5.95 Å². The van der Waals surface area contributed by atoms with Crippen molar-refractivity contribution in [2.45, 2.75) is 12.3 Å². The first-order valence-electron chi connectivity index (χ1n) is 8.43. The first-order chi connectivity index (χ1) is 13.0. The molecule has 0 fully saturated rings. The number of halogens is 3. The first kappa shape index (κ1) is 18.6. The van der Waals surface area contributed by atoms with Gasteiger partial charge in [0.15, 0.2) is 0 Å². The molecular weight excluding hydrogens is 353 g/mol. The maximum absolute atomic E-state index is 13.2. The average Bonchev–Trinajstić information content (AvgIpc) is 2.67. The van der Waals surface area contributed by atoms with Crippen LogP contribution in [-0.2, 0) is 0 Å². The van der Waals surface area contributed by atoms with E-state index in [-0.39, 0.29) is 23.1 Å². The van der Waals surface area contributed by atoms with Gasteiger partial charge in [-0.05, 0) is 47.9 Å². The van der Waals surface area contributed by atoms with Crippen molar-refractivity contribution in [3.8, 4) is 0 Å². The molecular formula is C21H17F3N2O. The third kappa shape index (κ3) is 4.94. The minimum absolute atomic E-state index is 0.152. The Labute approximate surface area is 154 Å². The van der Waals surface area contributed by atoms with Crippen molar-refractivity contribution in [3.63, 3.8) is 0 Å². The molecule has 0 saturated heterocycles. The molecule has 3 aromatic rings. The molecule has 0 bridgehead atoms. The summed E-state index contributed by atoms with van der Waals surface area (Å²) in [6.07, 6.45) is 1.74. The molecule has 0 aliphatic rings. The summed E-state index contributed by atoms with van der Waals surface area (Å²) in [4.78, 5) is 15.6. The Bertz CT molecular complexity index is 866. The molecule has 0 radical (unpaired) electrons. The number of aromatic nitrogens is 1. The van der Waals surface area contributed by atoms with E-state index in [1.165, 1.54) is 36.5 Å². The lowest BCUT2D eigenvalue weighted by Crippen LogP contribution is -2.26. The Hall–Kier alpha value is -3.15. The Morgan fingerprint density at radius 3 is 1.96 bits per heavy atom. The van der Waals surface area contributed by atoms with E-state index in [1.54, 1.807) is 24.3 Å². The van der Waals surface area contributed by atoms with Gasteiger partial charge in [0, 0.05) is 30.3 Å². The fourth-order valence-corrected chi connectivity index (χ4v) is 2.89. The van der Waals surface area contributed by atoms with E-state index in [4.69, 9.17) is 0 Å². The van der Waals surface area contributed by atoms with Gasteiger partial charge in [0.25, 0.3) is 5.91 Å². The number of carbonyl (C=O) groups is 1. The molecule has 3 rings (SSSR count). The molecule has 0 spiro atoms. The lowest BCUT2D eigenvalue weighted by molar-refractivity contribution is 0.0952. The fourth-order valence-electron chi connectivity index (χ4n) is 2.89. The van der Waals surface area contributed by atoms with Crippen LogP contribution in [0.4, 0.5) is 13.2 Å². The number of hydrogen-bond acceptors (Lipinski definition) is 2. The number of rotatable bonds is 6. The van der Waals surface area contributed by atoms with Crippen LogP contribution in [0, 0.1) is 17.6 Å². The summed E-state index contributed by atoms with van der Waals surface area (Å²) in [7, 11) is 0. The predicted molar refractivity (Wildman–Crippen MR) is 95.8 cm³/mol. The lowest BCUT2D eigenvalue weighted by atomic mass is 9.88. The van der Waals surface area contributed by atoms with Crippen molar-refractivity contribution < 1.29 is 18.0 Å². The third-order valence-corrected chi connectivity index (χ3v) is 4.25. The van der Waals surface area contributed by atoms with Crippen molar-refractivity contribution in [1.29, 1.82) is 0 Å². The van der Waals surface area contributed by atoms with Crippen LogP contribution in [0.3, 0.4) is 0 Å². The molecule has 138 valence electrons. The molecule has 27 heavy (non-hydrogen) atoms. The van der Waals surface area contributed by atoms with Crippen LogP contribution in [0.15, 0.2) is 66.9 Å². The second kappa shape index (κ2) is 8.49. The molecule has 0 atom stereocenters. The van der Waals surface area contributed by atoms with Crippen LogP contribution in [0.1, 0.15) is 33.8 Å². The normalized spacial score (nSPS) is 10.8. The van der Waals surface area contributed by atoms with Crippen LogP contribution in [0.25, 0.3) is 0 Å². The lowest BCUT2D eigenvalue weighted by Gasteiger charge is -2.18. The highest BCUT2D eigenvalue weighted by Crippen LogP contribution is 2.28. The van der Waals surface area contributed by atoms with Gasteiger partial charge in [-0.1, -0.05) is 24.3 Å². The van der Waals surface area contributed by atoms with E-state index in [0.29, 0.717) is 13.0 Å². The second-order valence-corrected chi connectivity index (χ2v) is 6.07. The zero-order chi connectivity index (χ0) is 19.2. The van der Waals surface area contributed by atoms with Crippen LogP contribution < -0.4 is 5.32 Å². The summed E-state index contributed by atoms with van der Waals surface area (Å²) in [6, 6.07) is 14.6. The minimum Gasteiger partial charge on any atom is -0.352 e. The molecule has 1 N–H and O–H groups in total. The zero-order valence-corrected chi connectivity index (χ0v) is 14.3. The molecule has 2 aromatic carbocycles. The molecule has 0 aliphatic carbocycles. The number of carbonyl (C=O) groups excluding carboxylic acids is 1. The highest BCUT2D eigenvalue weighted by atomic mass is 19.1. The summed E-state index contributed by atoms with van der Waals surface area (Å²) in [5, 5.41) is 2.74. The van der Waals surface area contributed by atoms with Crippen LogP contribution in [-0.4, -0.2) is 17.4 Å². The second-order valence-electron chi connectivity index (χ2n) is 6.07. The predicted octanol–water partition coefficient (Wildman–Crippen LogP) is 4.45. The molecule has 1 heterocycles. The molecule has 3 nitrogen and oxygen atoms in total. The molecule has 1 aromatic heterocycles. The van der Waals surface area contributed by atoms with Gasteiger partial charge in [0.05, 0.1) is 0 Å². The van der Waals surface area contributed by atoms with E-state index >= 15 is 0 Å². The zero-order valence-electron chi connectivity index (χ0n) is 14.3. The van der Waals surface area contributed by atoms with Gasteiger partial charge in [-0.15, -0.1) is 0 Å². The van der Waals surface area contributed by atoms with Crippen molar-refractivity contribution >= 4 is 5.91 Å². The van der Waals surface area contributed by atoms with E-state index in [0.717, 1.165) is 17.2 Å². The number of hydrogen-bond donors (Lipinski definition) is 1. The molecule has 1 amide bonds. The van der Waals surface area contributed by atoms with Crippen molar-refractivity contribution in [2.24, 2.45) is 0 Å². The number of nitrogens with zero attached hydrogens (tertiary/aromatic N) is 1. The summed E-state index contributed by atoms with van der Waals surface area (Å²) < 4.78 is 39.6. The number of pyridine rings is 1. The Morgan fingerprint density at radius 1 is 0.889 bits per heavy atom. The standard InChI is InChI=1S/C21H17F3N2O/c22-17-5-1-14(2-6-17)19(15-3-7-18(23)8-4-15)10-12-26-21(27)16-9-11-25-20(24)13-16/h1-9,11,13,19H,10,12H2,(H,26,27). The summed E-state index contributed by atoms with van der Waals surface area (Å²) >= 11 is 0. The van der Waals surface area contributed by atoms with Crippen LogP contribution >= 0.6 is 0 Å². The molecule has 0 saturated carbocycles. The maximum Gasteiger partial charge on any atom is 0.251 e. The minimum atomic E-state index is -0.724. The fraction of sp³-hybridized carbons (Fsp3) is 0.143. The highest BCUT2D eigenvalue weighted by molar-refractivity contribution is 5.93.